The van der Waals surface area contributed by atoms with E-state index in [1.165, 1.54) is 4.90 Å². The predicted molar refractivity (Wildman–Crippen MR) is 63.1 cm³/mol. The minimum absolute atomic E-state index is 0.00367. The predicted octanol–water partition coefficient (Wildman–Crippen LogP) is -0.842. The van der Waals surface area contributed by atoms with E-state index in [2.05, 4.69) is 5.32 Å². The molecule has 1 aliphatic heterocycles. The van der Waals surface area contributed by atoms with Gasteiger partial charge in [-0.05, 0) is 13.3 Å². The SMILES string of the molecule is CCS(=O)(=O)CCCN1C(=O)CNC(=O)C1C. The van der Waals surface area contributed by atoms with Crippen LogP contribution in [0.5, 0.6) is 0 Å². The molecule has 2 amide bonds. The fraction of sp³-hybridized carbons (Fsp3) is 0.800. The topological polar surface area (TPSA) is 83.6 Å². The summed E-state index contributed by atoms with van der Waals surface area (Å²) in [6.07, 6.45) is 0.375. The Balaban J connectivity index is 2.50. The maximum atomic E-state index is 11.5. The first-order chi connectivity index (χ1) is 7.87. The highest BCUT2D eigenvalue weighted by molar-refractivity contribution is 7.91. The van der Waals surface area contributed by atoms with Crippen molar-refractivity contribution in [2.24, 2.45) is 0 Å². The number of piperazine rings is 1. The maximum absolute atomic E-state index is 11.5. The molecular weight excluding hydrogens is 244 g/mol. The highest BCUT2D eigenvalue weighted by atomic mass is 32.2. The molecule has 1 saturated heterocycles. The van der Waals surface area contributed by atoms with Gasteiger partial charge in [-0.3, -0.25) is 9.59 Å². The number of carbonyl (C=O) groups excluding carboxylic acids is 2. The van der Waals surface area contributed by atoms with Crippen molar-refractivity contribution in [1.82, 2.24) is 10.2 Å². The van der Waals surface area contributed by atoms with Crippen molar-refractivity contribution in [2.75, 3.05) is 24.6 Å². The minimum Gasteiger partial charge on any atom is -0.345 e. The normalized spacial score (nSPS) is 21.5. The van der Waals surface area contributed by atoms with Crippen LogP contribution < -0.4 is 5.32 Å². The van der Waals surface area contributed by atoms with Gasteiger partial charge in [-0.25, -0.2) is 8.42 Å². The summed E-state index contributed by atoms with van der Waals surface area (Å²) in [5.41, 5.74) is 0. The van der Waals surface area contributed by atoms with Crippen LogP contribution in [0.25, 0.3) is 0 Å². The van der Waals surface area contributed by atoms with Crippen LogP contribution in [0.2, 0.25) is 0 Å². The van der Waals surface area contributed by atoms with Crippen LogP contribution in [0.3, 0.4) is 0 Å². The summed E-state index contributed by atoms with van der Waals surface area (Å²) in [6.45, 7) is 3.55. The van der Waals surface area contributed by atoms with Crippen molar-refractivity contribution in [3.05, 3.63) is 0 Å². The molecule has 0 aliphatic carbocycles. The molecule has 7 heteroatoms. The largest absolute Gasteiger partial charge is 0.345 e. The van der Waals surface area contributed by atoms with Crippen molar-refractivity contribution < 1.29 is 18.0 Å². The number of hydrogen-bond acceptors (Lipinski definition) is 4. The fourth-order valence-electron chi connectivity index (χ4n) is 1.69. The molecule has 17 heavy (non-hydrogen) atoms. The number of nitrogens with one attached hydrogen (secondary N) is 1. The van der Waals surface area contributed by atoms with E-state index in [-0.39, 0.29) is 29.9 Å². The van der Waals surface area contributed by atoms with Crippen molar-refractivity contribution in [1.29, 1.82) is 0 Å². The van der Waals surface area contributed by atoms with E-state index in [4.69, 9.17) is 0 Å². The number of amides is 2. The lowest BCUT2D eigenvalue weighted by molar-refractivity contribution is -0.144. The Labute approximate surface area is 101 Å². The zero-order valence-corrected chi connectivity index (χ0v) is 10.9. The van der Waals surface area contributed by atoms with Crippen molar-refractivity contribution in [2.45, 2.75) is 26.3 Å². The average Bonchev–Trinajstić information content (AvgIpc) is 2.28. The Morgan fingerprint density at radius 2 is 2.06 bits per heavy atom. The average molecular weight is 262 g/mol. The Morgan fingerprint density at radius 3 is 2.65 bits per heavy atom. The maximum Gasteiger partial charge on any atom is 0.242 e. The highest BCUT2D eigenvalue weighted by Crippen LogP contribution is 2.07. The highest BCUT2D eigenvalue weighted by Gasteiger charge is 2.30. The third kappa shape index (κ3) is 3.69. The van der Waals surface area contributed by atoms with Gasteiger partial charge in [-0.1, -0.05) is 6.92 Å². The zero-order chi connectivity index (χ0) is 13.1. The smallest absolute Gasteiger partial charge is 0.242 e. The number of carbonyl (C=O) groups is 2. The quantitative estimate of drug-likeness (QED) is 0.700. The second-order valence-corrected chi connectivity index (χ2v) is 6.54. The lowest BCUT2D eigenvalue weighted by Crippen LogP contribution is -2.57. The fourth-order valence-corrected chi connectivity index (χ4v) is 2.54. The van der Waals surface area contributed by atoms with Gasteiger partial charge in [0.2, 0.25) is 11.8 Å². The molecule has 1 fully saturated rings. The Kier molecular flexibility index (Phi) is 4.50. The summed E-state index contributed by atoms with van der Waals surface area (Å²) in [5, 5.41) is 2.48. The van der Waals surface area contributed by atoms with E-state index in [1.54, 1.807) is 13.8 Å². The summed E-state index contributed by atoms with van der Waals surface area (Å²) in [7, 11) is -3.01. The molecule has 98 valence electrons. The Hall–Kier alpha value is -1.11. The van der Waals surface area contributed by atoms with Gasteiger partial charge in [-0.15, -0.1) is 0 Å². The molecule has 0 radical (unpaired) electrons. The lowest BCUT2D eigenvalue weighted by atomic mass is 10.2. The Morgan fingerprint density at radius 1 is 1.41 bits per heavy atom. The lowest BCUT2D eigenvalue weighted by Gasteiger charge is -2.32. The number of hydrogen-bond donors (Lipinski definition) is 1. The van der Waals surface area contributed by atoms with E-state index < -0.39 is 15.9 Å². The van der Waals surface area contributed by atoms with Gasteiger partial charge in [0, 0.05) is 12.3 Å². The third-order valence-electron chi connectivity index (χ3n) is 2.88. The molecule has 0 saturated carbocycles. The molecule has 0 bridgehead atoms. The first kappa shape index (κ1) is 14.0. The van der Waals surface area contributed by atoms with E-state index in [1.807, 2.05) is 0 Å². The van der Waals surface area contributed by atoms with Crippen molar-refractivity contribution in [3.63, 3.8) is 0 Å². The van der Waals surface area contributed by atoms with Gasteiger partial charge in [0.05, 0.1) is 12.3 Å². The first-order valence-electron chi connectivity index (χ1n) is 5.65. The van der Waals surface area contributed by atoms with E-state index in [9.17, 15) is 18.0 Å². The second kappa shape index (κ2) is 5.48. The minimum atomic E-state index is -3.01. The van der Waals surface area contributed by atoms with Crippen LogP contribution >= 0.6 is 0 Å². The molecular formula is C10H18N2O4S. The van der Waals surface area contributed by atoms with Crippen LogP contribution in [0.15, 0.2) is 0 Å². The van der Waals surface area contributed by atoms with Crippen molar-refractivity contribution >= 4 is 21.7 Å². The van der Waals surface area contributed by atoms with Crippen LogP contribution in [-0.2, 0) is 19.4 Å². The monoisotopic (exact) mass is 262 g/mol. The number of rotatable bonds is 5. The third-order valence-corrected chi connectivity index (χ3v) is 4.67. The van der Waals surface area contributed by atoms with Crippen LogP contribution in [0.4, 0.5) is 0 Å². The number of nitrogens with zero attached hydrogens (tertiary/aromatic N) is 1. The molecule has 1 atom stereocenters. The molecule has 6 nitrogen and oxygen atoms in total. The zero-order valence-electron chi connectivity index (χ0n) is 10.1. The van der Waals surface area contributed by atoms with Crippen LogP contribution in [-0.4, -0.2) is 55.8 Å². The summed E-state index contributed by atoms with van der Waals surface area (Å²) in [6, 6.07) is -0.513. The molecule has 1 rings (SSSR count). The first-order valence-corrected chi connectivity index (χ1v) is 7.47. The summed E-state index contributed by atoms with van der Waals surface area (Å²) in [5.74, 6) is -0.188. The molecule has 1 N–H and O–H groups in total. The molecule has 0 aromatic carbocycles. The molecule has 0 aromatic heterocycles. The summed E-state index contributed by atoms with van der Waals surface area (Å²) < 4.78 is 22.6. The molecule has 1 aliphatic rings. The van der Waals surface area contributed by atoms with E-state index in [0.29, 0.717) is 13.0 Å². The van der Waals surface area contributed by atoms with E-state index >= 15 is 0 Å². The van der Waals surface area contributed by atoms with Crippen molar-refractivity contribution in [3.8, 4) is 0 Å². The molecule has 1 heterocycles. The van der Waals surface area contributed by atoms with Crippen LogP contribution in [0, 0.1) is 0 Å². The van der Waals surface area contributed by atoms with Gasteiger partial charge in [-0.2, -0.15) is 0 Å². The summed E-state index contributed by atoms with van der Waals surface area (Å²) in [4.78, 5) is 24.3. The van der Waals surface area contributed by atoms with Gasteiger partial charge < -0.3 is 10.2 Å². The van der Waals surface area contributed by atoms with Gasteiger partial charge >= 0.3 is 0 Å². The molecule has 0 aromatic rings. The summed E-state index contributed by atoms with van der Waals surface area (Å²) >= 11 is 0. The second-order valence-electron chi connectivity index (χ2n) is 4.07. The van der Waals surface area contributed by atoms with Crippen LogP contribution in [0.1, 0.15) is 20.3 Å². The number of sulfone groups is 1. The van der Waals surface area contributed by atoms with Gasteiger partial charge in [0.15, 0.2) is 0 Å². The Bertz CT molecular complexity index is 405. The van der Waals surface area contributed by atoms with E-state index in [0.717, 1.165) is 0 Å². The standard InChI is InChI=1S/C10H18N2O4S/c1-3-17(15,16)6-4-5-12-8(2)10(14)11-7-9(12)13/h8H,3-7H2,1-2H3,(H,11,14). The van der Waals surface area contributed by atoms with Gasteiger partial charge in [0.1, 0.15) is 15.9 Å². The molecule has 0 spiro atoms. The molecule has 1 unspecified atom stereocenters. The van der Waals surface area contributed by atoms with Gasteiger partial charge in [0.25, 0.3) is 0 Å².